The van der Waals surface area contributed by atoms with Crippen LogP contribution in [0.4, 0.5) is 0 Å². The molecule has 3 heterocycles. The molecular weight excluding hydrogens is 510 g/mol. The molecular formula is C39H25N3. The number of para-hydroxylation sites is 3. The van der Waals surface area contributed by atoms with E-state index in [0.717, 1.165) is 33.5 Å². The second kappa shape index (κ2) is 8.92. The van der Waals surface area contributed by atoms with Gasteiger partial charge in [0.1, 0.15) is 0 Å². The molecule has 196 valence electrons. The molecule has 0 amide bonds. The average Bonchev–Trinajstić information content (AvgIpc) is 3.65. The van der Waals surface area contributed by atoms with Gasteiger partial charge in [0.05, 0.1) is 27.8 Å². The second-order valence-electron chi connectivity index (χ2n) is 10.9. The minimum absolute atomic E-state index is 0.983. The maximum atomic E-state index is 5.03. The lowest BCUT2D eigenvalue weighted by atomic mass is 10.00. The fourth-order valence-corrected chi connectivity index (χ4v) is 6.60. The van der Waals surface area contributed by atoms with Crippen molar-refractivity contribution in [1.29, 1.82) is 0 Å². The number of hydrogen-bond donors (Lipinski definition) is 0. The highest BCUT2D eigenvalue weighted by atomic mass is 15.0. The third-order valence-corrected chi connectivity index (χ3v) is 8.52. The van der Waals surface area contributed by atoms with Crippen molar-refractivity contribution in [2.24, 2.45) is 0 Å². The van der Waals surface area contributed by atoms with E-state index in [-0.39, 0.29) is 0 Å². The first-order chi connectivity index (χ1) is 20.8. The number of pyridine rings is 1. The van der Waals surface area contributed by atoms with Crippen LogP contribution in [0.3, 0.4) is 0 Å². The molecule has 0 bridgehead atoms. The van der Waals surface area contributed by atoms with Crippen LogP contribution in [-0.2, 0) is 0 Å². The Morgan fingerprint density at radius 3 is 2.05 bits per heavy atom. The maximum Gasteiger partial charge on any atom is 0.0709 e. The molecule has 9 aromatic rings. The van der Waals surface area contributed by atoms with Gasteiger partial charge in [-0.05, 0) is 66.0 Å². The highest BCUT2D eigenvalue weighted by molar-refractivity contribution is 6.25. The lowest BCUT2D eigenvalue weighted by molar-refractivity contribution is 1.13. The number of fused-ring (bicyclic) bond motifs is 8. The predicted molar refractivity (Wildman–Crippen MR) is 176 cm³/mol. The molecule has 6 aromatic carbocycles. The molecule has 0 unspecified atom stereocenters. The molecule has 0 aliphatic heterocycles. The first kappa shape index (κ1) is 23.1. The highest BCUT2D eigenvalue weighted by Gasteiger charge is 2.18. The van der Waals surface area contributed by atoms with E-state index in [4.69, 9.17) is 4.98 Å². The van der Waals surface area contributed by atoms with Crippen molar-refractivity contribution in [2.75, 3.05) is 0 Å². The lowest BCUT2D eigenvalue weighted by Crippen LogP contribution is -1.94. The van der Waals surface area contributed by atoms with Crippen LogP contribution in [0, 0.1) is 0 Å². The third kappa shape index (κ3) is 3.37. The average molecular weight is 536 g/mol. The van der Waals surface area contributed by atoms with Crippen LogP contribution < -0.4 is 0 Å². The summed E-state index contributed by atoms with van der Waals surface area (Å²) in [5.41, 5.74) is 9.04. The molecule has 0 fully saturated rings. The SMILES string of the molecule is c1ccc(-n2ccc3ccc4c(ccc5c4c4cc(-c6ccc7ccccc7n6)ccc4n5-c4ccccc4)c32)cc1. The molecule has 0 radical (unpaired) electrons. The summed E-state index contributed by atoms with van der Waals surface area (Å²) in [5.74, 6) is 0. The predicted octanol–water partition coefficient (Wildman–Crippen LogP) is 10.1. The van der Waals surface area contributed by atoms with Crippen LogP contribution in [0.2, 0.25) is 0 Å². The minimum Gasteiger partial charge on any atom is -0.316 e. The molecule has 42 heavy (non-hydrogen) atoms. The molecule has 3 nitrogen and oxygen atoms in total. The van der Waals surface area contributed by atoms with E-state index in [1.807, 2.05) is 6.07 Å². The number of aromatic nitrogens is 3. The summed E-state index contributed by atoms with van der Waals surface area (Å²) < 4.78 is 4.70. The molecule has 0 aliphatic carbocycles. The van der Waals surface area contributed by atoms with Gasteiger partial charge in [0.25, 0.3) is 0 Å². The van der Waals surface area contributed by atoms with Crippen LogP contribution in [0.15, 0.2) is 152 Å². The van der Waals surface area contributed by atoms with Gasteiger partial charge >= 0.3 is 0 Å². The van der Waals surface area contributed by atoms with Gasteiger partial charge in [0.15, 0.2) is 0 Å². The minimum atomic E-state index is 0.983. The molecule has 0 saturated carbocycles. The normalized spacial score (nSPS) is 11.8. The first-order valence-corrected chi connectivity index (χ1v) is 14.3. The number of nitrogens with zero attached hydrogens (tertiary/aromatic N) is 3. The van der Waals surface area contributed by atoms with Gasteiger partial charge in [-0.3, -0.25) is 0 Å². The van der Waals surface area contributed by atoms with Gasteiger partial charge in [-0.1, -0.05) is 84.9 Å². The lowest BCUT2D eigenvalue weighted by Gasteiger charge is -2.10. The summed E-state index contributed by atoms with van der Waals surface area (Å²) in [7, 11) is 0. The van der Waals surface area contributed by atoms with Crippen LogP contribution in [-0.4, -0.2) is 14.1 Å². The van der Waals surface area contributed by atoms with Crippen molar-refractivity contribution in [2.45, 2.75) is 0 Å². The molecule has 0 spiro atoms. The summed E-state index contributed by atoms with van der Waals surface area (Å²) in [6.07, 6.45) is 2.18. The fraction of sp³-hybridized carbons (Fsp3) is 0. The van der Waals surface area contributed by atoms with Gasteiger partial charge in [0.2, 0.25) is 0 Å². The van der Waals surface area contributed by atoms with Gasteiger partial charge in [-0.25, -0.2) is 4.98 Å². The van der Waals surface area contributed by atoms with Crippen molar-refractivity contribution in [3.8, 4) is 22.6 Å². The Morgan fingerprint density at radius 1 is 0.476 bits per heavy atom. The Labute approximate surface area is 242 Å². The Kier molecular flexibility index (Phi) is 4.90. The van der Waals surface area contributed by atoms with Gasteiger partial charge in [0, 0.05) is 50.1 Å². The van der Waals surface area contributed by atoms with Crippen molar-refractivity contribution in [3.63, 3.8) is 0 Å². The van der Waals surface area contributed by atoms with Crippen molar-refractivity contribution < 1.29 is 0 Å². The number of benzene rings is 6. The largest absolute Gasteiger partial charge is 0.316 e. The summed E-state index contributed by atoms with van der Waals surface area (Å²) in [4.78, 5) is 5.03. The van der Waals surface area contributed by atoms with E-state index in [9.17, 15) is 0 Å². The van der Waals surface area contributed by atoms with Gasteiger partial charge in [-0.15, -0.1) is 0 Å². The Morgan fingerprint density at radius 2 is 1.19 bits per heavy atom. The van der Waals surface area contributed by atoms with E-state index in [1.165, 1.54) is 43.5 Å². The summed E-state index contributed by atoms with van der Waals surface area (Å²) in [6, 6.07) is 52.0. The van der Waals surface area contributed by atoms with Crippen LogP contribution in [0.25, 0.3) is 77.0 Å². The molecule has 0 saturated heterocycles. The van der Waals surface area contributed by atoms with E-state index in [1.54, 1.807) is 0 Å². The number of rotatable bonds is 3. The Balaban J connectivity index is 1.39. The standard InChI is InChI=1S/C39H25N3/c1-3-10-29(11-4-1)41-24-23-27-15-18-31-32(39(27)41)19-22-37-38(31)33-25-28(35-20-16-26-9-7-8-14-34(26)40-35)17-21-36(33)42(37)30-12-5-2-6-13-30/h1-25H. The zero-order valence-corrected chi connectivity index (χ0v) is 22.8. The second-order valence-corrected chi connectivity index (χ2v) is 10.9. The molecule has 9 rings (SSSR count). The van der Waals surface area contributed by atoms with Crippen LogP contribution >= 0.6 is 0 Å². The first-order valence-electron chi connectivity index (χ1n) is 14.3. The summed E-state index contributed by atoms with van der Waals surface area (Å²) in [6.45, 7) is 0. The van der Waals surface area contributed by atoms with E-state index >= 15 is 0 Å². The fourth-order valence-electron chi connectivity index (χ4n) is 6.60. The molecule has 3 aromatic heterocycles. The van der Waals surface area contributed by atoms with E-state index in [0.29, 0.717) is 0 Å². The molecule has 0 N–H and O–H groups in total. The molecule has 0 atom stereocenters. The van der Waals surface area contributed by atoms with Crippen molar-refractivity contribution >= 4 is 54.4 Å². The van der Waals surface area contributed by atoms with E-state index in [2.05, 4.69) is 155 Å². The quantitative estimate of drug-likeness (QED) is 0.221. The van der Waals surface area contributed by atoms with Crippen LogP contribution in [0.1, 0.15) is 0 Å². The van der Waals surface area contributed by atoms with E-state index < -0.39 is 0 Å². The molecule has 0 aliphatic rings. The molecule has 3 heteroatoms. The zero-order chi connectivity index (χ0) is 27.6. The third-order valence-electron chi connectivity index (χ3n) is 8.52. The summed E-state index contributed by atoms with van der Waals surface area (Å²) in [5, 5.41) is 7.37. The van der Waals surface area contributed by atoms with Crippen molar-refractivity contribution in [1.82, 2.24) is 14.1 Å². The zero-order valence-electron chi connectivity index (χ0n) is 22.8. The smallest absolute Gasteiger partial charge is 0.0709 e. The Hall–Kier alpha value is -5.67. The monoisotopic (exact) mass is 535 g/mol. The van der Waals surface area contributed by atoms with Gasteiger partial charge in [-0.2, -0.15) is 0 Å². The van der Waals surface area contributed by atoms with Crippen molar-refractivity contribution in [3.05, 3.63) is 152 Å². The number of hydrogen-bond acceptors (Lipinski definition) is 1. The highest BCUT2D eigenvalue weighted by Crippen LogP contribution is 2.41. The Bertz CT molecular complexity index is 2450. The van der Waals surface area contributed by atoms with Gasteiger partial charge < -0.3 is 9.13 Å². The van der Waals surface area contributed by atoms with Crippen LogP contribution in [0.5, 0.6) is 0 Å². The summed E-state index contributed by atoms with van der Waals surface area (Å²) >= 11 is 0. The topological polar surface area (TPSA) is 22.8 Å². The maximum absolute atomic E-state index is 5.03.